The van der Waals surface area contributed by atoms with Crippen LogP contribution in [0.5, 0.6) is 0 Å². The molecule has 0 radical (unpaired) electrons. The van der Waals surface area contributed by atoms with Gasteiger partial charge in [0.15, 0.2) is 0 Å². The molecule has 3 unspecified atom stereocenters. The first-order chi connectivity index (χ1) is 10.3. The highest BCUT2D eigenvalue weighted by molar-refractivity contribution is 7.17. The summed E-state index contributed by atoms with van der Waals surface area (Å²) in [5.41, 5.74) is 1.76. The fraction of sp³-hybridized carbons (Fsp3) is 0.562. The van der Waals surface area contributed by atoms with Crippen molar-refractivity contribution in [2.45, 2.75) is 31.0 Å². The zero-order valence-corrected chi connectivity index (χ0v) is 12.6. The van der Waals surface area contributed by atoms with Crippen LogP contribution in [0.15, 0.2) is 23.7 Å². The molecule has 4 nitrogen and oxygen atoms in total. The lowest BCUT2D eigenvalue weighted by Crippen LogP contribution is -2.41. The van der Waals surface area contributed by atoms with Crippen LogP contribution in [0.1, 0.15) is 30.9 Å². The Morgan fingerprint density at radius 2 is 2.38 bits per heavy atom. The molecule has 0 aromatic carbocycles. The van der Waals surface area contributed by atoms with E-state index in [0.717, 1.165) is 41.6 Å². The van der Waals surface area contributed by atoms with Gasteiger partial charge in [0.05, 0.1) is 28.5 Å². The third-order valence-electron chi connectivity index (χ3n) is 4.71. The van der Waals surface area contributed by atoms with Crippen LogP contribution in [-0.4, -0.2) is 35.5 Å². The molecule has 0 bridgehead atoms. The first-order valence-electron chi connectivity index (χ1n) is 7.49. The zero-order chi connectivity index (χ0) is 14.3. The lowest BCUT2D eigenvalue weighted by Gasteiger charge is -2.39. The summed E-state index contributed by atoms with van der Waals surface area (Å²) in [5, 5.41) is 12.8. The van der Waals surface area contributed by atoms with Crippen LogP contribution in [0.2, 0.25) is 0 Å². The van der Waals surface area contributed by atoms with Crippen LogP contribution in [0.3, 0.4) is 0 Å². The van der Waals surface area contributed by atoms with Gasteiger partial charge in [0.1, 0.15) is 0 Å². The molecule has 3 atom stereocenters. The molecule has 2 aromatic rings. The SMILES string of the molecule is OC(c1cnc2ccsc2c1)C1CCOC2(CCOC2)C1. The summed E-state index contributed by atoms with van der Waals surface area (Å²) in [5.74, 6) is 0.222. The van der Waals surface area contributed by atoms with Gasteiger partial charge in [0.25, 0.3) is 0 Å². The molecule has 2 saturated heterocycles. The van der Waals surface area contributed by atoms with Crippen molar-refractivity contribution in [1.29, 1.82) is 0 Å². The van der Waals surface area contributed by atoms with Crippen LogP contribution in [0.4, 0.5) is 0 Å². The molecule has 1 spiro atoms. The number of hydrogen-bond acceptors (Lipinski definition) is 5. The standard InChI is InChI=1S/C16H19NO3S/c18-15(12-7-14-13(17-9-12)2-6-21-14)11-1-4-20-16(8-11)3-5-19-10-16/h2,6-7,9,11,15,18H,1,3-5,8,10H2. The lowest BCUT2D eigenvalue weighted by atomic mass is 9.80. The summed E-state index contributed by atoms with van der Waals surface area (Å²) < 4.78 is 12.6. The Kier molecular flexibility index (Phi) is 3.46. The predicted octanol–water partition coefficient (Wildman–Crippen LogP) is 2.92. The van der Waals surface area contributed by atoms with Gasteiger partial charge in [-0.05, 0) is 36.3 Å². The van der Waals surface area contributed by atoms with Gasteiger partial charge >= 0.3 is 0 Å². The minimum atomic E-state index is -0.467. The number of nitrogens with zero attached hydrogens (tertiary/aromatic N) is 1. The van der Waals surface area contributed by atoms with Gasteiger partial charge in [-0.2, -0.15) is 0 Å². The zero-order valence-electron chi connectivity index (χ0n) is 11.8. The molecule has 0 aliphatic carbocycles. The van der Waals surface area contributed by atoms with Crippen molar-refractivity contribution < 1.29 is 14.6 Å². The van der Waals surface area contributed by atoms with Crippen molar-refractivity contribution in [2.24, 2.45) is 5.92 Å². The Balaban J connectivity index is 1.56. The van der Waals surface area contributed by atoms with Gasteiger partial charge in [0.2, 0.25) is 0 Å². The molecule has 5 heteroatoms. The Bertz CT molecular complexity index is 635. The molecule has 2 aliphatic heterocycles. The van der Waals surface area contributed by atoms with E-state index < -0.39 is 6.10 Å². The molecule has 2 aliphatic rings. The second-order valence-corrected chi connectivity index (χ2v) is 7.05. The molecule has 4 rings (SSSR count). The van der Waals surface area contributed by atoms with E-state index >= 15 is 0 Å². The van der Waals surface area contributed by atoms with Crippen molar-refractivity contribution >= 4 is 21.6 Å². The number of ether oxygens (including phenoxy) is 2. The average molecular weight is 305 g/mol. The van der Waals surface area contributed by atoms with Crippen molar-refractivity contribution in [1.82, 2.24) is 4.98 Å². The van der Waals surface area contributed by atoms with E-state index in [1.807, 2.05) is 17.6 Å². The minimum Gasteiger partial charge on any atom is -0.388 e. The number of aliphatic hydroxyl groups is 1. The second-order valence-electron chi connectivity index (χ2n) is 6.10. The molecular formula is C16H19NO3S. The van der Waals surface area contributed by atoms with E-state index in [2.05, 4.69) is 11.1 Å². The number of aliphatic hydroxyl groups excluding tert-OH is 1. The maximum atomic E-state index is 10.8. The molecule has 4 heterocycles. The van der Waals surface area contributed by atoms with E-state index in [1.165, 1.54) is 0 Å². The Morgan fingerprint density at radius 3 is 3.24 bits per heavy atom. The molecule has 112 valence electrons. The topological polar surface area (TPSA) is 51.6 Å². The number of hydrogen-bond donors (Lipinski definition) is 1. The molecular weight excluding hydrogens is 286 g/mol. The molecule has 2 fully saturated rings. The first-order valence-corrected chi connectivity index (χ1v) is 8.37. The van der Waals surface area contributed by atoms with Crippen LogP contribution >= 0.6 is 11.3 Å². The van der Waals surface area contributed by atoms with Gasteiger partial charge in [-0.25, -0.2) is 0 Å². The number of aromatic nitrogens is 1. The van der Waals surface area contributed by atoms with E-state index in [1.54, 1.807) is 11.3 Å². The van der Waals surface area contributed by atoms with Crippen molar-refractivity contribution in [2.75, 3.05) is 19.8 Å². The number of thiophene rings is 1. The average Bonchev–Trinajstić information content (AvgIpc) is 3.15. The fourth-order valence-corrected chi connectivity index (χ4v) is 4.28. The number of fused-ring (bicyclic) bond motifs is 1. The fourth-order valence-electron chi connectivity index (χ4n) is 3.49. The van der Waals surface area contributed by atoms with Gasteiger partial charge < -0.3 is 14.6 Å². The van der Waals surface area contributed by atoms with Crippen molar-refractivity contribution in [3.8, 4) is 0 Å². The van der Waals surface area contributed by atoms with Crippen LogP contribution < -0.4 is 0 Å². The molecule has 2 aromatic heterocycles. The Morgan fingerprint density at radius 1 is 1.43 bits per heavy atom. The third kappa shape index (κ3) is 2.48. The van der Waals surface area contributed by atoms with Gasteiger partial charge in [-0.1, -0.05) is 0 Å². The quantitative estimate of drug-likeness (QED) is 0.927. The lowest BCUT2D eigenvalue weighted by molar-refractivity contribution is -0.117. The summed E-state index contributed by atoms with van der Waals surface area (Å²) in [6.07, 6.45) is 4.05. The molecule has 0 amide bonds. The highest BCUT2D eigenvalue weighted by atomic mass is 32.1. The summed E-state index contributed by atoms with van der Waals surface area (Å²) >= 11 is 1.67. The van der Waals surface area contributed by atoms with E-state index in [-0.39, 0.29) is 11.5 Å². The van der Waals surface area contributed by atoms with Crippen LogP contribution in [0.25, 0.3) is 10.2 Å². The summed E-state index contributed by atoms with van der Waals surface area (Å²) in [7, 11) is 0. The first kappa shape index (κ1) is 13.6. The summed E-state index contributed by atoms with van der Waals surface area (Å²) in [4.78, 5) is 4.44. The van der Waals surface area contributed by atoms with Gasteiger partial charge in [0, 0.05) is 31.4 Å². The van der Waals surface area contributed by atoms with E-state index in [4.69, 9.17) is 9.47 Å². The highest BCUT2D eigenvalue weighted by Crippen LogP contribution is 2.41. The van der Waals surface area contributed by atoms with E-state index in [9.17, 15) is 5.11 Å². The van der Waals surface area contributed by atoms with Crippen molar-refractivity contribution in [3.63, 3.8) is 0 Å². The van der Waals surface area contributed by atoms with Crippen LogP contribution in [-0.2, 0) is 9.47 Å². The monoisotopic (exact) mass is 305 g/mol. The third-order valence-corrected chi connectivity index (χ3v) is 5.56. The Labute approximate surface area is 127 Å². The largest absolute Gasteiger partial charge is 0.388 e. The Hall–Kier alpha value is -1.01. The number of pyridine rings is 1. The predicted molar refractivity (Wildman–Crippen MR) is 81.4 cm³/mol. The number of rotatable bonds is 2. The summed E-state index contributed by atoms with van der Waals surface area (Å²) in [6.45, 7) is 2.14. The smallest absolute Gasteiger partial charge is 0.0940 e. The highest BCUT2D eigenvalue weighted by Gasteiger charge is 2.43. The maximum Gasteiger partial charge on any atom is 0.0940 e. The maximum absolute atomic E-state index is 10.8. The second kappa shape index (κ2) is 5.32. The van der Waals surface area contributed by atoms with E-state index in [0.29, 0.717) is 13.2 Å². The van der Waals surface area contributed by atoms with Gasteiger partial charge in [-0.15, -0.1) is 11.3 Å². The van der Waals surface area contributed by atoms with Crippen molar-refractivity contribution in [3.05, 3.63) is 29.3 Å². The molecule has 1 N–H and O–H groups in total. The normalized spacial score (nSPS) is 31.0. The molecule has 0 saturated carbocycles. The van der Waals surface area contributed by atoms with Crippen LogP contribution in [0, 0.1) is 5.92 Å². The van der Waals surface area contributed by atoms with Gasteiger partial charge in [-0.3, -0.25) is 4.98 Å². The minimum absolute atomic E-state index is 0.162. The summed E-state index contributed by atoms with van der Waals surface area (Å²) in [6, 6.07) is 4.08. The molecule has 21 heavy (non-hydrogen) atoms.